The molecule has 0 saturated carbocycles. The van der Waals surface area contributed by atoms with E-state index in [0.29, 0.717) is 70.7 Å². The third kappa shape index (κ3) is 36.4. The Labute approximate surface area is 808 Å². The lowest BCUT2D eigenvalue weighted by atomic mass is 10.0. The first kappa shape index (κ1) is 111. The van der Waals surface area contributed by atoms with Crippen molar-refractivity contribution in [1.82, 2.24) is 9.97 Å². The largest absolute Gasteiger partial charge is 0.504 e. The summed E-state index contributed by atoms with van der Waals surface area (Å²) in [6.07, 6.45) is 0. The number of furan rings is 3. The van der Waals surface area contributed by atoms with Crippen LogP contribution in [0.1, 0.15) is 140 Å². The van der Waals surface area contributed by atoms with Gasteiger partial charge in [-0.3, -0.25) is 4.79 Å². The molecule has 0 aliphatic carbocycles. The number of halogens is 2. The van der Waals surface area contributed by atoms with Gasteiger partial charge in [0.1, 0.15) is 13.2 Å². The van der Waals surface area contributed by atoms with Crippen LogP contribution < -0.4 is 83.5 Å². The van der Waals surface area contributed by atoms with E-state index in [0.717, 1.165) is 50.7 Å². The number of hydrogen-bond donors (Lipinski definition) is 3. The number of amides is 1. The van der Waals surface area contributed by atoms with Crippen molar-refractivity contribution in [3.05, 3.63) is 226 Å². The van der Waals surface area contributed by atoms with Crippen LogP contribution in [0.2, 0.25) is 76.6 Å². The normalized spacial score (nSPS) is 11.5. The number of phenols is 1. The van der Waals surface area contributed by atoms with Gasteiger partial charge in [-0.15, -0.1) is 0 Å². The van der Waals surface area contributed by atoms with Crippen molar-refractivity contribution in [3.63, 3.8) is 0 Å². The minimum Gasteiger partial charge on any atom is -0.504 e. The van der Waals surface area contributed by atoms with Crippen LogP contribution in [0.5, 0.6) is 81.1 Å². The number of carbonyl (C=O) groups excluding carboxylic acids is 3. The van der Waals surface area contributed by atoms with Gasteiger partial charge in [-0.2, -0.15) is 9.97 Å². The van der Waals surface area contributed by atoms with Gasteiger partial charge < -0.3 is 90.6 Å². The summed E-state index contributed by atoms with van der Waals surface area (Å²) < 4.78 is 88.3. The Hall–Kier alpha value is -10.9. The summed E-state index contributed by atoms with van der Waals surface area (Å²) in [6, 6.07) is 64.5. The first-order valence-electron chi connectivity index (χ1n) is 44.1. The number of hydrogen-bond acceptors (Lipinski definition) is 23. The third-order valence-corrected chi connectivity index (χ3v) is 36.5. The number of nitrogens with zero attached hydrogens (tertiary/aromatic N) is 2. The fourth-order valence-electron chi connectivity index (χ4n) is 15.8. The first-order valence-corrected chi connectivity index (χ1v) is 58.5. The van der Waals surface area contributed by atoms with Crippen molar-refractivity contribution in [2.24, 2.45) is 21.7 Å². The molecule has 0 unspecified atom stereocenters. The number of methoxy groups -OCH3 is 7. The lowest BCUT2D eigenvalue weighted by Gasteiger charge is -2.31. The zero-order valence-corrected chi connectivity index (χ0v) is 90.6. The maximum absolute atomic E-state index is 13.0. The fraction of sp³-hybridized carbons (Fsp3) is 0.408. The van der Waals surface area contributed by atoms with Crippen molar-refractivity contribution in [2.75, 3.05) is 80.7 Å². The van der Waals surface area contributed by atoms with Crippen LogP contribution in [-0.4, -0.2) is 135 Å². The van der Waals surface area contributed by atoms with Gasteiger partial charge in [0, 0.05) is 23.7 Å². The van der Waals surface area contributed by atoms with Crippen LogP contribution in [0.25, 0.3) is 0 Å². The number of aromatic nitrogens is 2. The topological polar surface area (TPSA) is 281 Å². The Kier molecular flexibility index (Phi) is 42.0. The molecule has 0 atom stereocenters. The Morgan fingerprint density at radius 3 is 1.06 bits per heavy atom. The molecule has 0 spiro atoms. The molecule has 7 aromatic carbocycles. The van der Waals surface area contributed by atoms with E-state index < -0.39 is 50.1 Å². The molecule has 0 fully saturated rings. The van der Waals surface area contributed by atoms with Gasteiger partial charge >= 0.3 is 11.9 Å². The molecule has 11 rings (SSSR count). The molecule has 4 aromatic heterocycles. The molecule has 24 nitrogen and oxygen atoms in total. The van der Waals surface area contributed by atoms with Crippen LogP contribution in [0.15, 0.2) is 210 Å². The van der Waals surface area contributed by atoms with E-state index in [1.807, 2.05) is 109 Å². The number of ether oxygens (including phenoxy) is 13. The molecule has 3 N–H and O–H groups in total. The van der Waals surface area contributed by atoms with E-state index in [1.165, 1.54) is 53.1 Å². The number of rotatable bonds is 32. The summed E-state index contributed by atoms with van der Waals surface area (Å²) in [7, 11) is 6.19. The highest BCUT2D eigenvalue weighted by Gasteiger charge is 2.35. The second-order valence-electron chi connectivity index (χ2n) is 38.9. The van der Waals surface area contributed by atoms with Crippen molar-refractivity contribution in [1.29, 1.82) is 0 Å². The Morgan fingerprint density at radius 1 is 0.383 bits per heavy atom. The molecule has 0 aliphatic rings. The second kappa shape index (κ2) is 50.4. The third-order valence-electron chi connectivity index (χ3n) is 20.3. The molecule has 0 aliphatic heterocycles. The second-order valence-corrected chi connectivity index (χ2v) is 59.4. The van der Waals surface area contributed by atoms with Gasteiger partial charge in [0.25, 0.3) is 17.8 Å². The zero-order chi connectivity index (χ0) is 99.0. The molecule has 722 valence electrons. The predicted molar refractivity (Wildman–Crippen MR) is 550 cm³/mol. The molecule has 133 heavy (non-hydrogen) atoms. The fourth-order valence-corrected chi connectivity index (χ4v) is 32.1. The van der Waals surface area contributed by atoms with Crippen LogP contribution in [0.3, 0.4) is 0 Å². The summed E-state index contributed by atoms with van der Waals surface area (Å²) >= 11 is 6.49. The lowest BCUT2D eigenvalue weighted by molar-refractivity contribution is 0.0478. The van der Waals surface area contributed by atoms with Crippen molar-refractivity contribution < 1.29 is 94.3 Å². The molecular weight excluding hydrogens is 1890 g/mol. The monoisotopic (exact) mass is 2020 g/mol. The quantitative estimate of drug-likeness (QED) is 0.0261. The molecule has 30 heteroatoms. The van der Waals surface area contributed by atoms with E-state index in [-0.39, 0.29) is 69.1 Å². The SMILES string of the molecule is CCOC(=O)c1ccc(Br)o1.CCOC(=O)c1ccc(Oc2cc([Si](C)(C)CC(C)(C)C)ccc2OC)o1.CNc1nc(OC)c(NC(=O)c2ccc(Oc3cc([Si](C)(C)CC(C)(C)C)ccc3OC)o2)c(OC)n1.COc1ccc(Br)cc1OCc1ccccc1.COc1ccc([Si](C)(C)CC(C)(C)C)cc1O.COc1ccc([Si](C)(C)CC(C)(C)C)cc1OCc1ccccc1. The average molecular weight is 2030 g/mol. The van der Waals surface area contributed by atoms with E-state index in [9.17, 15) is 19.5 Å². The smallest absolute Gasteiger partial charge is 0.374 e. The standard InChI is InChI=1S/C26H36N4O6Si.C21H30O5Si.C21H30O2Si.C14H13BrO2.C14H24O2Si.C7H7BrO3/c1-26(2,3)15-37(8,9)16-10-11-17(32-5)19(14-16)36-20-13-12-18(35-20)22(31)28-21-23(33-6)29-25(27-4)30-24(21)34-7;1-8-24-20(22)17-11-12-19(25-17)26-18-13-15(9-10-16(18)23-5)27(6,7)14-21(2,3)4;1-21(2,3)16-24(5,6)18-12-13-19(22-4)20(14-18)23-15-17-10-8-7-9-11-17;1-16-13-8-7-12(15)9-14(13)17-10-11-5-3-2-4-6-11;1-14(2,3)10-17(5,6)11-7-8-13(16-4)12(15)9-11;1-2-10-7(9)5-3-4-6(8)11-5/h10-14H,15H2,1-9H3,(H,28,31)(H,27,29,30);9-13H,8,14H2,1-7H3;7-14H,15-16H2,1-6H3;2-9H,10H2,1H3;7-9,15H,10H2,1-6H3;3-4H,2H2,1H3. The predicted octanol–water partition coefficient (Wildman–Crippen LogP) is 25.2. The van der Waals surface area contributed by atoms with Gasteiger partial charge in [0.15, 0.2) is 73.6 Å². The number of aromatic hydroxyl groups is 1. The van der Waals surface area contributed by atoms with Crippen LogP contribution in [0, 0.1) is 21.7 Å². The van der Waals surface area contributed by atoms with Crippen molar-refractivity contribution >= 4 is 114 Å². The molecule has 4 heterocycles. The number of carbonyl (C=O) groups is 3. The highest BCUT2D eigenvalue weighted by molar-refractivity contribution is 9.10. The molecular formula is C103H140Br2N4O20Si4. The summed E-state index contributed by atoms with van der Waals surface area (Å²) in [5, 5.41) is 20.6. The molecule has 1 amide bonds. The van der Waals surface area contributed by atoms with Crippen LogP contribution in [-0.2, 0) is 22.7 Å². The molecule has 0 bridgehead atoms. The Bertz CT molecular complexity index is 5470. The number of benzene rings is 7. The average Bonchev–Trinajstić information content (AvgIpc) is 1.28. The number of phenolic OH excluding ortho intramolecular Hbond substituents is 1. The number of esters is 2. The molecule has 11 aromatic rings. The van der Waals surface area contributed by atoms with Gasteiger partial charge in [0.2, 0.25) is 29.2 Å². The highest BCUT2D eigenvalue weighted by atomic mass is 79.9. The Balaban J connectivity index is 0.000000255. The van der Waals surface area contributed by atoms with E-state index in [4.69, 9.17) is 70.1 Å². The van der Waals surface area contributed by atoms with Crippen LogP contribution in [0.4, 0.5) is 11.6 Å². The van der Waals surface area contributed by atoms with Crippen molar-refractivity contribution in [3.8, 4) is 81.1 Å². The maximum Gasteiger partial charge on any atom is 0.374 e. The summed E-state index contributed by atoms with van der Waals surface area (Å²) in [5.41, 5.74) is 3.60. The lowest BCUT2D eigenvalue weighted by Crippen LogP contribution is -2.44. The summed E-state index contributed by atoms with van der Waals surface area (Å²) in [5.74, 6) is 6.01. The van der Waals surface area contributed by atoms with Gasteiger partial charge in [-0.25, -0.2) is 9.59 Å². The van der Waals surface area contributed by atoms with Gasteiger partial charge in [0.05, 0.1) is 95.3 Å². The van der Waals surface area contributed by atoms with Crippen LogP contribution >= 0.6 is 31.9 Å². The van der Waals surface area contributed by atoms with Gasteiger partial charge in [-0.1, -0.05) is 257 Å². The van der Waals surface area contributed by atoms with E-state index in [1.54, 1.807) is 86.8 Å². The summed E-state index contributed by atoms with van der Waals surface area (Å²) in [4.78, 5) is 44.0. The Morgan fingerprint density at radius 2 is 0.714 bits per heavy atom. The van der Waals surface area contributed by atoms with Gasteiger partial charge in [-0.05, 0) is 178 Å². The van der Waals surface area contributed by atoms with Crippen molar-refractivity contribution in [2.45, 2.75) is 187 Å². The van der Waals surface area contributed by atoms with E-state index >= 15 is 0 Å². The molecule has 0 saturated heterocycles. The molecule has 0 radical (unpaired) electrons. The number of nitrogens with one attached hydrogen (secondary N) is 2. The zero-order valence-electron chi connectivity index (χ0n) is 83.4. The summed E-state index contributed by atoms with van der Waals surface area (Å²) in [6.45, 7) is 51.5. The maximum atomic E-state index is 13.0. The van der Waals surface area contributed by atoms with E-state index in [2.05, 4.69) is 235 Å². The highest BCUT2D eigenvalue weighted by Crippen LogP contribution is 2.41. The number of anilines is 2. The minimum atomic E-state index is -1.75. The minimum absolute atomic E-state index is 0.0226. The first-order chi connectivity index (χ1) is 62.3.